The van der Waals surface area contributed by atoms with Crippen molar-refractivity contribution in [3.8, 4) is 12.3 Å². The molecule has 0 spiro atoms. The number of nitrogens with zero attached hydrogens (tertiary/aromatic N) is 2. The summed E-state index contributed by atoms with van der Waals surface area (Å²) >= 11 is 3.38. The van der Waals surface area contributed by atoms with E-state index in [2.05, 4.69) is 37.1 Å². The summed E-state index contributed by atoms with van der Waals surface area (Å²) in [6, 6.07) is 3.85. The van der Waals surface area contributed by atoms with E-state index in [-0.39, 0.29) is 6.04 Å². The number of terminal acetylenes is 1. The molecule has 2 heterocycles. The van der Waals surface area contributed by atoms with Gasteiger partial charge >= 0.3 is 0 Å². The highest BCUT2D eigenvalue weighted by Crippen LogP contribution is 2.22. The van der Waals surface area contributed by atoms with E-state index in [1.54, 1.807) is 12.4 Å². The first-order valence-corrected chi connectivity index (χ1v) is 6.17. The van der Waals surface area contributed by atoms with Crippen LogP contribution in [0.2, 0.25) is 0 Å². The van der Waals surface area contributed by atoms with Crippen molar-refractivity contribution in [3.63, 3.8) is 0 Å². The molecule has 4 heteroatoms. The van der Waals surface area contributed by atoms with Gasteiger partial charge in [0.2, 0.25) is 0 Å². The summed E-state index contributed by atoms with van der Waals surface area (Å²) in [6.45, 7) is 2.05. The van der Waals surface area contributed by atoms with Gasteiger partial charge < -0.3 is 5.32 Å². The Morgan fingerprint density at radius 1 is 1.53 bits per heavy atom. The zero-order valence-electron chi connectivity index (χ0n) is 9.44. The van der Waals surface area contributed by atoms with Crippen LogP contribution >= 0.6 is 15.9 Å². The van der Waals surface area contributed by atoms with Crippen molar-refractivity contribution in [2.24, 2.45) is 0 Å². The number of hydrogen-bond donors (Lipinski definition) is 1. The van der Waals surface area contributed by atoms with Gasteiger partial charge in [-0.1, -0.05) is 12.8 Å². The minimum atomic E-state index is 0.0195. The van der Waals surface area contributed by atoms with E-state index >= 15 is 0 Å². The topological polar surface area (TPSA) is 37.8 Å². The molecule has 0 bridgehead atoms. The molecule has 1 N–H and O–H groups in total. The second kappa shape index (κ2) is 5.15. The molecule has 0 saturated heterocycles. The number of anilines is 1. The summed E-state index contributed by atoms with van der Waals surface area (Å²) in [4.78, 5) is 8.64. The van der Waals surface area contributed by atoms with Gasteiger partial charge in [0.05, 0.1) is 17.2 Å². The average molecular weight is 290 g/mol. The van der Waals surface area contributed by atoms with Crippen LogP contribution in [0.1, 0.15) is 13.3 Å². The highest BCUT2D eigenvalue weighted by molar-refractivity contribution is 9.10. The van der Waals surface area contributed by atoms with E-state index in [0.29, 0.717) is 0 Å². The molecule has 3 nitrogen and oxygen atoms in total. The van der Waals surface area contributed by atoms with Gasteiger partial charge in [-0.15, -0.1) is 6.42 Å². The summed E-state index contributed by atoms with van der Waals surface area (Å²) in [5.74, 6) is 2.71. The first-order chi connectivity index (χ1) is 8.24. The highest BCUT2D eigenvalue weighted by Gasteiger charge is 2.07. The van der Waals surface area contributed by atoms with Gasteiger partial charge in [0.15, 0.2) is 0 Å². The lowest BCUT2D eigenvalue weighted by molar-refractivity contribution is 0.858. The standard InChI is InChI=1S/C13H12BrN3/c1-3-10(4-2)17-11-5-6-15-12-7-9(14)8-16-13(11)12/h1,5-8,10H,4H2,2H3,(H,15,17). The van der Waals surface area contributed by atoms with Crippen LogP contribution in [0.15, 0.2) is 29.0 Å². The lowest BCUT2D eigenvalue weighted by atomic mass is 10.2. The van der Waals surface area contributed by atoms with Crippen molar-refractivity contribution >= 4 is 32.7 Å². The summed E-state index contributed by atoms with van der Waals surface area (Å²) in [5.41, 5.74) is 2.60. The fraction of sp³-hybridized carbons (Fsp3) is 0.231. The summed E-state index contributed by atoms with van der Waals surface area (Å²) < 4.78 is 0.915. The SMILES string of the molecule is C#CC(CC)Nc1ccnc2cc(Br)cnc12. The summed E-state index contributed by atoms with van der Waals surface area (Å²) in [5, 5.41) is 3.29. The fourth-order valence-electron chi connectivity index (χ4n) is 1.57. The number of nitrogens with one attached hydrogen (secondary N) is 1. The van der Waals surface area contributed by atoms with Gasteiger partial charge in [-0.3, -0.25) is 9.97 Å². The first-order valence-electron chi connectivity index (χ1n) is 5.37. The number of pyridine rings is 2. The number of halogens is 1. The van der Waals surface area contributed by atoms with Crippen LogP contribution in [0.3, 0.4) is 0 Å². The Balaban J connectivity index is 2.44. The van der Waals surface area contributed by atoms with Crippen LogP contribution < -0.4 is 5.32 Å². The zero-order chi connectivity index (χ0) is 12.3. The van der Waals surface area contributed by atoms with Crippen molar-refractivity contribution in [2.75, 3.05) is 5.32 Å². The minimum Gasteiger partial charge on any atom is -0.370 e. The number of fused-ring (bicyclic) bond motifs is 1. The largest absolute Gasteiger partial charge is 0.370 e. The van der Waals surface area contributed by atoms with Crippen molar-refractivity contribution in [1.82, 2.24) is 9.97 Å². The van der Waals surface area contributed by atoms with Gasteiger partial charge in [0.1, 0.15) is 5.52 Å². The van der Waals surface area contributed by atoms with Crippen molar-refractivity contribution in [3.05, 3.63) is 29.0 Å². The summed E-state index contributed by atoms with van der Waals surface area (Å²) in [7, 11) is 0. The number of hydrogen-bond acceptors (Lipinski definition) is 3. The fourth-order valence-corrected chi connectivity index (χ4v) is 1.89. The van der Waals surface area contributed by atoms with Crippen LogP contribution in [0.5, 0.6) is 0 Å². The maximum Gasteiger partial charge on any atom is 0.112 e. The normalized spacial score (nSPS) is 12.1. The maximum atomic E-state index is 5.44. The van der Waals surface area contributed by atoms with Crippen molar-refractivity contribution in [1.29, 1.82) is 0 Å². The molecule has 0 aliphatic rings. The van der Waals surface area contributed by atoms with Gasteiger partial charge in [0.25, 0.3) is 0 Å². The lowest BCUT2D eigenvalue weighted by Crippen LogP contribution is -2.16. The quantitative estimate of drug-likeness (QED) is 0.882. The van der Waals surface area contributed by atoms with Crippen LogP contribution in [0.25, 0.3) is 11.0 Å². The van der Waals surface area contributed by atoms with E-state index in [1.807, 2.05) is 19.1 Å². The van der Waals surface area contributed by atoms with Crippen molar-refractivity contribution < 1.29 is 0 Å². The predicted molar refractivity (Wildman–Crippen MR) is 73.8 cm³/mol. The third-order valence-corrected chi connectivity index (χ3v) is 2.92. The monoisotopic (exact) mass is 289 g/mol. The van der Waals surface area contributed by atoms with E-state index < -0.39 is 0 Å². The molecule has 0 aromatic carbocycles. The van der Waals surface area contributed by atoms with E-state index in [4.69, 9.17) is 6.42 Å². The lowest BCUT2D eigenvalue weighted by Gasteiger charge is -2.13. The molecular weight excluding hydrogens is 278 g/mol. The molecule has 2 rings (SSSR count). The maximum absolute atomic E-state index is 5.44. The van der Waals surface area contributed by atoms with Crippen LogP contribution in [-0.4, -0.2) is 16.0 Å². The molecule has 1 unspecified atom stereocenters. The van der Waals surface area contributed by atoms with Gasteiger partial charge in [-0.05, 0) is 34.5 Å². The Kier molecular flexibility index (Phi) is 3.60. The van der Waals surface area contributed by atoms with Crippen LogP contribution in [0, 0.1) is 12.3 Å². The highest BCUT2D eigenvalue weighted by atomic mass is 79.9. The Labute approximate surface area is 109 Å². The third-order valence-electron chi connectivity index (χ3n) is 2.48. The van der Waals surface area contributed by atoms with E-state index in [9.17, 15) is 0 Å². The second-order valence-corrected chi connectivity index (χ2v) is 4.57. The predicted octanol–water partition coefficient (Wildman–Crippen LogP) is 3.22. The van der Waals surface area contributed by atoms with E-state index in [1.165, 1.54) is 0 Å². The Hall–Kier alpha value is -1.60. The van der Waals surface area contributed by atoms with Crippen molar-refractivity contribution in [2.45, 2.75) is 19.4 Å². The molecule has 2 aromatic rings. The van der Waals surface area contributed by atoms with Crippen LogP contribution in [-0.2, 0) is 0 Å². The number of aromatic nitrogens is 2. The molecule has 86 valence electrons. The van der Waals surface area contributed by atoms with E-state index in [0.717, 1.165) is 27.6 Å². The minimum absolute atomic E-state index is 0.0195. The molecule has 0 fully saturated rings. The molecule has 2 aromatic heterocycles. The van der Waals surface area contributed by atoms with Gasteiger partial charge in [-0.2, -0.15) is 0 Å². The van der Waals surface area contributed by atoms with Gasteiger partial charge in [-0.25, -0.2) is 0 Å². The van der Waals surface area contributed by atoms with Crippen LogP contribution in [0.4, 0.5) is 5.69 Å². The molecule has 1 atom stereocenters. The Morgan fingerprint density at radius 2 is 2.35 bits per heavy atom. The molecular formula is C13H12BrN3. The molecule has 0 aliphatic carbocycles. The Bertz CT molecular complexity index is 574. The molecule has 0 radical (unpaired) electrons. The second-order valence-electron chi connectivity index (χ2n) is 3.65. The first kappa shape index (κ1) is 11.9. The number of rotatable bonds is 3. The average Bonchev–Trinajstić information content (AvgIpc) is 2.35. The van der Waals surface area contributed by atoms with Gasteiger partial charge in [0, 0.05) is 16.9 Å². The third kappa shape index (κ3) is 2.56. The molecule has 0 aliphatic heterocycles. The summed E-state index contributed by atoms with van der Waals surface area (Å²) in [6.07, 6.45) is 9.82. The smallest absolute Gasteiger partial charge is 0.112 e. The molecule has 17 heavy (non-hydrogen) atoms. The molecule has 0 saturated carbocycles. The Morgan fingerprint density at radius 3 is 3.06 bits per heavy atom. The molecule has 0 amide bonds. The zero-order valence-corrected chi connectivity index (χ0v) is 11.0.